The Morgan fingerprint density at radius 2 is 1.70 bits per heavy atom. The van der Waals surface area contributed by atoms with Gasteiger partial charge in [0.2, 0.25) is 5.88 Å². The number of sulfonamides is 1. The highest BCUT2D eigenvalue weighted by Gasteiger charge is 2.23. The molecule has 2 aromatic carbocycles. The maximum absolute atomic E-state index is 12.7. The smallest absolute Gasteiger partial charge is 0.265 e. The molecule has 33 heavy (non-hydrogen) atoms. The predicted octanol–water partition coefficient (Wildman–Crippen LogP) is 4.80. The first-order valence-corrected chi connectivity index (χ1v) is 12.0. The fraction of sp³-hybridized carbons (Fsp3) is 0.333. The molecule has 0 fully saturated rings. The summed E-state index contributed by atoms with van der Waals surface area (Å²) in [5.74, 6) is 0.379. The Hall–Kier alpha value is -3.33. The number of rotatable bonds is 7. The lowest BCUT2D eigenvalue weighted by Crippen LogP contribution is -2.31. The third-order valence-electron chi connectivity index (χ3n) is 5.18. The van der Waals surface area contributed by atoms with E-state index in [-0.39, 0.29) is 22.1 Å². The van der Waals surface area contributed by atoms with E-state index in [4.69, 9.17) is 9.26 Å². The molecule has 0 aliphatic heterocycles. The summed E-state index contributed by atoms with van der Waals surface area (Å²) in [6.45, 7) is 11.3. The van der Waals surface area contributed by atoms with Crippen LogP contribution in [0.5, 0.6) is 5.75 Å². The summed E-state index contributed by atoms with van der Waals surface area (Å²) < 4.78 is 38.6. The number of amides is 1. The number of benzene rings is 2. The lowest BCUT2D eigenvalue weighted by molar-refractivity contribution is -0.122. The van der Waals surface area contributed by atoms with Gasteiger partial charge in [0.25, 0.3) is 15.9 Å². The number of aromatic nitrogens is 1. The third kappa shape index (κ3) is 5.73. The van der Waals surface area contributed by atoms with Crippen LogP contribution < -0.4 is 14.8 Å². The minimum atomic E-state index is -3.86. The molecule has 1 unspecified atom stereocenters. The highest BCUT2D eigenvalue weighted by atomic mass is 32.2. The summed E-state index contributed by atoms with van der Waals surface area (Å²) in [5, 5.41) is 6.50. The summed E-state index contributed by atoms with van der Waals surface area (Å²) in [6, 6.07) is 13.5. The number of ether oxygens (including phenoxy) is 1. The van der Waals surface area contributed by atoms with Crippen molar-refractivity contribution in [2.45, 2.75) is 58.0 Å². The van der Waals surface area contributed by atoms with Gasteiger partial charge in [-0.05, 0) is 62.1 Å². The molecular formula is C24H29N3O5S. The van der Waals surface area contributed by atoms with Gasteiger partial charge in [-0.3, -0.25) is 4.79 Å². The maximum atomic E-state index is 12.7. The molecule has 0 bridgehead atoms. The van der Waals surface area contributed by atoms with Gasteiger partial charge in [0.05, 0.1) is 10.6 Å². The second-order valence-electron chi connectivity index (χ2n) is 8.85. The van der Waals surface area contributed by atoms with Gasteiger partial charge in [-0.2, -0.15) is 0 Å². The van der Waals surface area contributed by atoms with Crippen LogP contribution in [0, 0.1) is 13.8 Å². The molecule has 1 atom stereocenters. The van der Waals surface area contributed by atoms with Gasteiger partial charge >= 0.3 is 0 Å². The molecule has 2 N–H and O–H groups in total. The van der Waals surface area contributed by atoms with Crippen LogP contribution in [0.2, 0.25) is 0 Å². The second kappa shape index (κ2) is 9.27. The Bertz CT molecular complexity index is 1240. The van der Waals surface area contributed by atoms with Crippen molar-refractivity contribution in [3.8, 4) is 5.75 Å². The van der Waals surface area contributed by atoms with E-state index in [1.807, 2.05) is 24.3 Å². The largest absolute Gasteiger partial charge is 0.481 e. The first kappa shape index (κ1) is 24.3. The highest BCUT2D eigenvalue weighted by Crippen LogP contribution is 2.31. The summed E-state index contributed by atoms with van der Waals surface area (Å²) in [5.41, 5.74) is 2.54. The van der Waals surface area contributed by atoms with Crippen molar-refractivity contribution >= 4 is 27.5 Å². The zero-order valence-corrected chi connectivity index (χ0v) is 20.4. The van der Waals surface area contributed by atoms with Gasteiger partial charge in [0, 0.05) is 11.3 Å². The number of hydrogen-bond acceptors (Lipinski definition) is 6. The van der Waals surface area contributed by atoms with Gasteiger partial charge in [-0.25, -0.2) is 13.1 Å². The van der Waals surface area contributed by atoms with Crippen molar-refractivity contribution in [3.63, 3.8) is 0 Å². The van der Waals surface area contributed by atoms with E-state index >= 15 is 0 Å². The molecule has 0 spiro atoms. The van der Waals surface area contributed by atoms with Crippen molar-refractivity contribution in [3.05, 3.63) is 65.4 Å². The maximum Gasteiger partial charge on any atom is 0.265 e. The Morgan fingerprint density at radius 3 is 2.27 bits per heavy atom. The lowest BCUT2D eigenvalue weighted by Gasteiger charge is -2.24. The summed E-state index contributed by atoms with van der Waals surface area (Å²) in [4.78, 5) is 12.7. The Morgan fingerprint density at radius 1 is 1.06 bits per heavy atom. The monoisotopic (exact) mass is 471 g/mol. The number of anilines is 2. The Balaban J connectivity index is 1.67. The Kier molecular flexibility index (Phi) is 6.83. The van der Waals surface area contributed by atoms with Crippen molar-refractivity contribution in [1.29, 1.82) is 0 Å². The van der Waals surface area contributed by atoms with E-state index in [9.17, 15) is 13.2 Å². The zero-order chi connectivity index (χ0) is 24.4. The fourth-order valence-electron chi connectivity index (χ4n) is 3.09. The van der Waals surface area contributed by atoms with Crippen LogP contribution in [0.1, 0.15) is 44.5 Å². The number of nitrogens with zero attached hydrogens (tertiary/aromatic N) is 1. The highest BCUT2D eigenvalue weighted by molar-refractivity contribution is 7.92. The van der Waals surface area contributed by atoms with Crippen LogP contribution in [0.4, 0.5) is 11.6 Å². The topological polar surface area (TPSA) is 111 Å². The van der Waals surface area contributed by atoms with Crippen LogP contribution in [0.25, 0.3) is 0 Å². The number of hydrogen-bond donors (Lipinski definition) is 2. The van der Waals surface area contributed by atoms with Gasteiger partial charge in [-0.15, -0.1) is 0 Å². The van der Waals surface area contributed by atoms with Gasteiger partial charge in [-0.1, -0.05) is 44.1 Å². The van der Waals surface area contributed by atoms with Gasteiger partial charge in [0.1, 0.15) is 5.75 Å². The molecule has 176 valence electrons. The molecule has 0 aliphatic rings. The molecule has 0 radical (unpaired) electrons. The number of carbonyl (C=O) groups excluding carboxylic acids is 1. The van der Waals surface area contributed by atoms with Crippen LogP contribution in [0.3, 0.4) is 0 Å². The summed E-state index contributed by atoms with van der Waals surface area (Å²) in [6.07, 6.45) is -0.753. The molecule has 0 aliphatic carbocycles. The molecule has 0 saturated heterocycles. The van der Waals surface area contributed by atoms with Crippen molar-refractivity contribution < 1.29 is 22.5 Å². The van der Waals surface area contributed by atoms with E-state index in [0.29, 0.717) is 22.7 Å². The van der Waals surface area contributed by atoms with Gasteiger partial charge < -0.3 is 14.6 Å². The number of aryl methyl sites for hydroxylation is 1. The average molecular weight is 472 g/mol. The molecule has 1 heterocycles. The minimum Gasteiger partial charge on any atom is -0.481 e. The van der Waals surface area contributed by atoms with Crippen molar-refractivity contribution in [2.75, 3.05) is 10.0 Å². The van der Waals surface area contributed by atoms with E-state index in [2.05, 4.69) is 36.0 Å². The van der Waals surface area contributed by atoms with Crippen LogP contribution in [-0.4, -0.2) is 25.6 Å². The zero-order valence-electron chi connectivity index (χ0n) is 19.6. The third-order valence-corrected chi connectivity index (χ3v) is 6.53. The van der Waals surface area contributed by atoms with Crippen LogP contribution in [0.15, 0.2) is 57.9 Å². The van der Waals surface area contributed by atoms with E-state index in [0.717, 1.165) is 5.56 Å². The average Bonchev–Trinajstić information content (AvgIpc) is 3.05. The molecule has 1 aromatic heterocycles. The number of nitrogens with one attached hydrogen (secondary N) is 2. The number of carbonyl (C=O) groups is 1. The standard InChI is InChI=1S/C24H29N3O5S/c1-15-16(2)26-32-23(15)27-33(29,30)19-13-11-18(12-14-19)25-22(28)17(3)31-21-10-8-7-9-20(21)24(4,5)6/h7-14,17,27H,1-6H3,(H,25,28). The molecular weight excluding hydrogens is 442 g/mol. The summed E-state index contributed by atoms with van der Waals surface area (Å²) >= 11 is 0. The molecule has 8 nitrogen and oxygen atoms in total. The molecule has 9 heteroatoms. The quantitative estimate of drug-likeness (QED) is 0.512. The number of para-hydroxylation sites is 1. The SMILES string of the molecule is Cc1noc(NS(=O)(=O)c2ccc(NC(=O)C(C)Oc3ccccc3C(C)(C)C)cc2)c1C. The van der Waals surface area contributed by atoms with Crippen molar-refractivity contribution in [1.82, 2.24) is 5.16 Å². The second-order valence-corrected chi connectivity index (χ2v) is 10.5. The summed E-state index contributed by atoms with van der Waals surface area (Å²) in [7, 11) is -3.86. The van der Waals surface area contributed by atoms with Crippen LogP contribution >= 0.6 is 0 Å². The fourth-order valence-corrected chi connectivity index (χ4v) is 4.13. The molecule has 1 amide bonds. The predicted molar refractivity (Wildman–Crippen MR) is 127 cm³/mol. The van der Waals surface area contributed by atoms with E-state index in [1.165, 1.54) is 24.3 Å². The molecule has 3 aromatic rings. The first-order valence-electron chi connectivity index (χ1n) is 10.5. The van der Waals surface area contributed by atoms with Crippen molar-refractivity contribution in [2.24, 2.45) is 0 Å². The first-order chi connectivity index (χ1) is 15.4. The van der Waals surface area contributed by atoms with E-state index < -0.39 is 16.1 Å². The minimum absolute atomic E-state index is 0.0253. The lowest BCUT2D eigenvalue weighted by atomic mass is 9.86. The molecule has 0 saturated carbocycles. The normalized spacial score (nSPS) is 12.8. The van der Waals surface area contributed by atoms with Gasteiger partial charge in [0.15, 0.2) is 6.10 Å². The Labute approximate surface area is 194 Å². The van der Waals surface area contributed by atoms with Crippen LogP contribution in [-0.2, 0) is 20.2 Å². The van der Waals surface area contributed by atoms with E-state index in [1.54, 1.807) is 20.8 Å². The molecule has 3 rings (SSSR count).